The highest BCUT2D eigenvalue weighted by atomic mass is 79.9. The van der Waals surface area contributed by atoms with Crippen LogP contribution in [0.3, 0.4) is 0 Å². The molecule has 2 aromatic rings. The number of carbonyl (C=O) groups is 1. The number of amides is 1. The second kappa shape index (κ2) is 5.52. The molecule has 0 N–H and O–H groups in total. The number of halogens is 1. The van der Waals surface area contributed by atoms with Gasteiger partial charge >= 0.3 is 0 Å². The standard InChI is InChI=1S/C13H14BrN3O2/c1-8-10(9(2)19-16-8)7-17(3)13(18)11-5-4-6-12(14)15-11/h4-6H,7H2,1-3H3. The molecule has 100 valence electrons. The number of hydrogen-bond acceptors (Lipinski definition) is 4. The molecule has 0 saturated heterocycles. The number of nitrogens with zero attached hydrogens (tertiary/aromatic N) is 3. The predicted molar refractivity (Wildman–Crippen MR) is 73.7 cm³/mol. The molecule has 19 heavy (non-hydrogen) atoms. The van der Waals surface area contributed by atoms with Gasteiger partial charge in [0.05, 0.1) is 12.2 Å². The van der Waals surface area contributed by atoms with Crippen molar-refractivity contribution in [2.75, 3.05) is 7.05 Å². The van der Waals surface area contributed by atoms with Gasteiger partial charge in [-0.25, -0.2) is 4.98 Å². The molecule has 2 aromatic heterocycles. The first-order valence-corrected chi connectivity index (χ1v) is 6.58. The van der Waals surface area contributed by atoms with Crippen LogP contribution in [0.5, 0.6) is 0 Å². The fraction of sp³-hybridized carbons (Fsp3) is 0.308. The summed E-state index contributed by atoms with van der Waals surface area (Å²) in [6.45, 7) is 4.15. The molecule has 0 atom stereocenters. The van der Waals surface area contributed by atoms with Crippen LogP contribution in [-0.2, 0) is 6.54 Å². The molecule has 1 amide bonds. The molecule has 0 saturated carbocycles. The van der Waals surface area contributed by atoms with Crippen LogP contribution in [0, 0.1) is 13.8 Å². The molecular weight excluding hydrogens is 310 g/mol. The molecule has 0 unspecified atom stereocenters. The summed E-state index contributed by atoms with van der Waals surface area (Å²) in [7, 11) is 1.73. The van der Waals surface area contributed by atoms with Crippen LogP contribution < -0.4 is 0 Å². The summed E-state index contributed by atoms with van der Waals surface area (Å²) in [6, 6.07) is 5.26. The maximum Gasteiger partial charge on any atom is 0.272 e. The molecule has 2 heterocycles. The quantitative estimate of drug-likeness (QED) is 0.815. The van der Waals surface area contributed by atoms with Crippen molar-refractivity contribution >= 4 is 21.8 Å². The van der Waals surface area contributed by atoms with Gasteiger partial charge in [-0.2, -0.15) is 0 Å². The monoisotopic (exact) mass is 323 g/mol. The highest BCUT2D eigenvalue weighted by Crippen LogP contribution is 2.16. The van der Waals surface area contributed by atoms with Crippen LogP contribution in [0.2, 0.25) is 0 Å². The fourth-order valence-electron chi connectivity index (χ4n) is 1.76. The Hall–Kier alpha value is -1.69. The van der Waals surface area contributed by atoms with E-state index in [2.05, 4.69) is 26.1 Å². The van der Waals surface area contributed by atoms with E-state index >= 15 is 0 Å². The summed E-state index contributed by atoms with van der Waals surface area (Å²) in [5, 5.41) is 3.88. The lowest BCUT2D eigenvalue weighted by Gasteiger charge is -2.16. The molecule has 0 aliphatic rings. The molecule has 6 heteroatoms. The van der Waals surface area contributed by atoms with Crippen molar-refractivity contribution in [3.05, 3.63) is 45.5 Å². The van der Waals surface area contributed by atoms with Gasteiger partial charge in [-0.1, -0.05) is 11.2 Å². The van der Waals surface area contributed by atoms with E-state index in [0.717, 1.165) is 17.0 Å². The van der Waals surface area contributed by atoms with Gasteiger partial charge in [-0.3, -0.25) is 4.79 Å². The van der Waals surface area contributed by atoms with E-state index in [0.29, 0.717) is 16.8 Å². The second-order valence-corrected chi connectivity index (χ2v) is 5.12. The Balaban J connectivity index is 2.16. The SMILES string of the molecule is Cc1noc(C)c1CN(C)C(=O)c1cccc(Br)n1. The molecule has 0 spiro atoms. The van der Waals surface area contributed by atoms with E-state index in [9.17, 15) is 4.79 Å². The molecule has 0 aromatic carbocycles. The van der Waals surface area contributed by atoms with E-state index in [1.807, 2.05) is 13.8 Å². The maximum absolute atomic E-state index is 12.2. The molecule has 2 rings (SSSR count). The normalized spacial score (nSPS) is 10.5. The number of carbonyl (C=O) groups excluding carboxylic acids is 1. The van der Waals surface area contributed by atoms with Gasteiger partial charge in [-0.15, -0.1) is 0 Å². The molecule has 5 nitrogen and oxygen atoms in total. The predicted octanol–water partition coefficient (Wildman–Crippen LogP) is 2.72. The summed E-state index contributed by atoms with van der Waals surface area (Å²) in [4.78, 5) is 18.0. The number of aryl methyl sites for hydroxylation is 2. The highest BCUT2D eigenvalue weighted by Gasteiger charge is 2.17. The summed E-state index contributed by atoms with van der Waals surface area (Å²) in [5.74, 6) is 0.598. The van der Waals surface area contributed by atoms with E-state index in [1.165, 1.54) is 0 Å². The van der Waals surface area contributed by atoms with Gasteiger partial charge in [-0.05, 0) is 41.9 Å². The molecular formula is C13H14BrN3O2. The average Bonchev–Trinajstić information content (AvgIpc) is 2.69. The van der Waals surface area contributed by atoms with Crippen molar-refractivity contribution in [2.24, 2.45) is 0 Å². The zero-order valence-electron chi connectivity index (χ0n) is 11.0. The summed E-state index contributed by atoms with van der Waals surface area (Å²) >= 11 is 3.26. The summed E-state index contributed by atoms with van der Waals surface area (Å²) in [6.07, 6.45) is 0. The minimum atomic E-state index is -0.138. The summed E-state index contributed by atoms with van der Waals surface area (Å²) < 4.78 is 5.73. The van der Waals surface area contributed by atoms with Gasteiger partial charge in [0.25, 0.3) is 5.91 Å². The van der Waals surface area contributed by atoms with E-state index in [4.69, 9.17) is 4.52 Å². The number of hydrogen-bond donors (Lipinski definition) is 0. The first-order chi connectivity index (χ1) is 8.99. The maximum atomic E-state index is 12.2. The molecule has 0 fully saturated rings. The third-order valence-corrected chi connectivity index (χ3v) is 3.30. The van der Waals surface area contributed by atoms with Crippen LogP contribution >= 0.6 is 15.9 Å². The highest BCUT2D eigenvalue weighted by molar-refractivity contribution is 9.10. The average molecular weight is 324 g/mol. The Bertz CT molecular complexity index is 590. The first-order valence-electron chi connectivity index (χ1n) is 5.79. The number of aromatic nitrogens is 2. The van der Waals surface area contributed by atoms with Gasteiger partial charge in [0.1, 0.15) is 16.1 Å². The fourth-order valence-corrected chi connectivity index (χ4v) is 2.10. The Morgan fingerprint density at radius 1 is 1.42 bits per heavy atom. The minimum Gasteiger partial charge on any atom is -0.361 e. The van der Waals surface area contributed by atoms with Crippen LogP contribution in [-0.4, -0.2) is 28.0 Å². The number of pyridine rings is 1. The second-order valence-electron chi connectivity index (χ2n) is 4.31. The molecule has 0 aliphatic heterocycles. The van der Waals surface area contributed by atoms with E-state index in [1.54, 1.807) is 30.1 Å². The van der Waals surface area contributed by atoms with Crippen LogP contribution in [0.1, 0.15) is 27.5 Å². The summed E-state index contributed by atoms with van der Waals surface area (Å²) in [5.41, 5.74) is 2.15. The van der Waals surface area contributed by atoms with Crippen LogP contribution in [0.25, 0.3) is 0 Å². The largest absolute Gasteiger partial charge is 0.361 e. The van der Waals surface area contributed by atoms with Crippen LogP contribution in [0.4, 0.5) is 0 Å². The van der Waals surface area contributed by atoms with E-state index in [-0.39, 0.29) is 5.91 Å². The first kappa shape index (κ1) is 13.7. The Morgan fingerprint density at radius 3 is 2.74 bits per heavy atom. The zero-order chi connectivity index (χ0) is 14.0. The third-order valence-electron chi connectivity index (χ3n) is 2.86. The van der Waals surface area contributed by atoms with Gasteiger partial charge in [0.15, 0.2) is 0 Å². The van der Waals surface area contributed by atoms with Gasteiger partial charge < -0.3 is 9.42 Å². The lowest BCUT2D eigenvalue weighted by Crippen LogP contribution is -2.27. The minimum absolute atomic E-state index is 0.138. The Kier molecular flexibility index (Phi) is 3.99. The number of rotatable bonds is 3. The van der Waals surface area contributed by atoms with Crippen molar-refractivity contribution in [3.8, 4) is 0 Å². The van der Waals surface area contributed by atoms with Gasteiger partial charge in [0, 0.05) is 12.6 Å². The Labute approximate surface area is 119 Å². The lowest BCUT2D eigenvalue weighted by molar-refractivity contribution is 0.0778. The van der Waals surface area contributed by atoms with Crippen LogP contribution in [0.15, 0.2) is 27.3 Å². The molecule has 0 bridgehead atoms. The van der Waals surface area contributed by atoms with E-state index < -0.39 is 0 Å². The van der Waals surface area contributed by atoms with Crippen molar-refractivity contribution < 1.29 is 9.32 Å². The van der Waals surface area contributed by atoms with Crippen molar-refractivity contribution in [1.82, 2.24) is 15.0 Å². The Morgan fingerprint density at radius 2 is 2.16 bits per heavy atom. The zero-order valence-corrected chi connectivity index (χ0v) is 12.6. The van der Waals surface area contributed by atoms with Crippen molar-refractivity contribution in [2.45, 2.75) is 20.4 Å². The molecule has 0 aliphatic carbocycles. The molecule has 0 radical (unpaired) electrons. The lowest BCUT2D eigenvalue weighted by atomic mass is 10.2. The third kappa shape index (κ3) is 3.01. The van der Waals surface area contributed by atoms with Crippen molar-refractivity contribution in [1.29, 1.82) is 0 Å². The van der Waals surface area contributed by atoms with Crippen molar-refractivity contribution in [3.63, 3.8) is 0 Å². The smallest absolute Gasteiger partial charge is 0.272 e. The van der Waals surface area contributed by atoms with Gasteiger partial charge in [0.2, 0.25) is 0 Å². The topological polar surface area (TPSA) is 59.2 Å².